The predicted molar refractivity (Wildman–Crippen MR) is 94.3 cm³/mol. The molecule has 0 fully saturated rings. The number of rotatable bonds is 7. The van der Waals surface area contributed by atoms with Gasteiger partial charge in [0.1, 0.15) is 5.01 Å². The molecule has 1 aromatic heterocycles. The molecule has 0 spiro atoms. The van der Waals surface area contributed by atoms with Gasteiger partial charge < -0.3 is 15.4 Å². The molecule has 1 heterocycles. The highest BCUT2D eigenvalue weighted by atomic mass is 35.5. The van der Waals surface area contributed by atoms with Crippen LogP contribution in [-0.4, -0.2) is 43.0 Å². The first-order chi connectivity index (χ1) is 12.0. The lowest BCUT2D eigenvalue weighted by molar-refractivity contribution is -0.148. The summed E-state index contributed by atoms with van der Waals surface area (Å²) < 4.78 is 4.87. The number of amides is 2. The first-order valence-electron chi connectivity index (χ1n) is 7.31. The number of ether oxygens (including phenoxy) is 1. The molecular weight excluding hydrogens is 366 g/mol. The van der Waals surface area contributed by atoms with Crippen molar-refractivity contribution in [2.75, 3.05) is 20.2 Å². The molecule has 0 unspecified atom stereocenters. The minimum atomic E-state index is -0.578. The molecule has 1 aromatic carbocycles. The van der Waals surface area contributed by atoms with E-state index >= 15 is 0 Å². The predicted octanol–water partition coefficient (Wildman–Crippen LogP) is 1.41. The Hall–Kier alpha value is -2.45. The van der Waals surface area contributed by atoms with E-state index in [0.717, 1.165) is 5.56 Å². The molecule has 0 aliphatic rings. The molecule has 2 aromatic rings. The van der Waals surface area contributed by atoms with Crippen LogP contribution in [0.4, 0.5) is 0 Å². The zero-order valence-electron chi connectivity index (χ0n) is 13.4. The van der Waals surface area contributed by atoms with Crippen molar-refractivity contribution in [2.24, 2.45) is 0 Å². The number of carbonyl (C=O) groups is 3. The summed E-state index contributed by atoms with van der Waals surface area (Å²) in [6.07, 6.45) is -0.0519. The minimum Gasteiger partial charge on any atom is -0.455 e. The van der Waals surface area contributed by atoms with E-state index in [-0.39, 0.29) is 18.9 Å². The number of nitrogens with zero attached hydrogens (tertiary/aromatic N) is 1. The topological polar surface area (TPSA) is 97.4 Å². The van der Waals surface area contributed by atoms with Crippen molar-refractivity contribution in [2.45, 2.75) is 6.42 Å². The molecule has 0 aliphatic heterocycles. The summed E-state index contributed by atoms with van der Waals surface area (Å²) in [5, 5.41) is 7.72. The zero-order valence-corrected chi connectivity index (χ0v) is 14.9. The first kappa shape index (κ1) is 18.9. The van der Waals surface area contributed by atoms with E-state index in [1.807, 2.05) is 18.2 Å². The van der Waals surface area contributed by atoms with Crippen LogP contribution < -0.4 is 10.6 Å². The maximum atomic E-state index is 11.8. The smallest absolute Gasteiger partial charge is 0.312 e. The van der Waals surface area contributed by atoms with E-state index in [1.165, 1.54) is 18.4 Å². The van der Waals surface area contributed by atoms with Crippen LogP contribution in [0.25, 0.3) is 10.6 Å². The standard InChI is InChI=1S/C16H16ClN3O4S/c1-18-13(21)7-19-14(22)8-24-15(23)6-10-9-25-16(20-10)11-4-2-3-5-12(11)17/h2-5,9H,6-8H2,1H3,(H,18,21)(H,19,22). The van der Waals surface area contributed by atoms with Gasteiger partial charge in [0.25, 0.3) is 5.91 Å². The Morgan fingerprint density at radius 1 is 1.24 bits per heavy atom. The van der Waals surface area contributed by atoms with E-state index in [9.17, 15) is 14.4 Å². The maximum absolute atomic E-state index is 11.8. The van der Waals surface area contributed by atoms with Crippen molar-refractivity contribution in [1.82, 2.24) is 15.6 Å². The molecule has 25 heavy (non-hydrogen) atoms. The lowest BCUT2D eigenvalue weighted by Crippen LogP contribution is -2.37. The largest absolute Gasteiger partial charge is 0.455 e. The van der Waals surface area contributed by atoms with Crippen LogP contribution >= 0.6 is 22.9 Å². The summed E-state index contributed by atoms with van der Waals surface area (Å²) in [5.41, 5.74) is 1.33. The summed E-state index contributed by atoms with van der Waals surface area (Å²) in [6.45, 7) is -0.614. The Balaban J connectivity index is 1.82. The maximum Gasteiger partial charge on any atom is 0.312 e. The number of nitrogens with one attached hydrogen (secondary N) is 2. The van der Waals surface area contributed by atoms with Crippen molar-refractivity contribution in [3.8, 4) is 10.6 Å². The van der Waals surface area contributed by atoms with E-state index in [4.69, 9.17) is 16.3 Å². The molecule has 0 saturated heterocycles. The minimum absolute atomic E-state index is 0.0519. The number of hydrogen-bond acceptors (Lipinski definition) is 6. The summed E-state index contributed by atoms with van der Waals surface area (Å²) in [4.78, 5) is 38.6. The van der Waals surface area contributed by atoms with Gasteiger partial charge in [0, 0.05) is 18.0 Å². The Kier molecular flexibility index (Phi) is 6.91. The molecule has 9 heteroatoms. The Morgan fingerprint density at radius 2 is 2.00 bits per heavy atom. The van der Waals surface area contributed by atoms with Crippen molar-refractivity contribution in [3.63, 3.8) is 0 Å². The van der Waals surface area contributed by atoms with Crippen molar-refractivity contribution < 1.29 is 19.1 Å². The molecule has 132 valence electrons. The molecule has 0 aliphatic carbocycles. The molecule has 2 amide bonds. The fourth-order valence-electron chi connectivity index (χ4n) is 1.81. The van der Waals surface area contributed by atoms with Gasteiger partial charge in [0.05, 0.1) is 23.7 Å². The van der Waals surface area contributed by atoms with Gasteiger partial charge in [-0.05, 0) is 6.07 Å². The Bertz CT molecular complexity index is 778. The van der Waals surface area contributed by atoms with E-state index in [2.05, 4.69) is 15.6 Å². The summed E-state index contributed by atoms with van der Waals surface area (Å²) in [6, 6.07) is 7.30. The third kappa shape index (κ3) is 5.84. The van der Waals surface area contributed by atoms with Gasteiger partial charge in [-0.15, -0.1) is 11.3 Å². The third-order valence-electron chi connectivity index (χ3n) is 3.07. The number of halogens is 1. The molecule has 0 atom stereocenters. The van der Waals surface area contributed by atoms with E-state index in [0.29, 0.717) is 15.7 Å². The average molecular weight is 382 g/mol. The highest BCUT2D eigenvalue weighted by Crippen LogP contribution is 2.30. The average Bonchev–Trinajstić information content (AvgIpc) is 3.06. The Labute approximate surface area is 153 Å². The number of hydrogen-bond donors (Lipinski definition) is 2. The third-order valence-corrected chi connectivity index (χ3v) is 4.32. The number of aromatic nitrogens is 1. The first-order valence-corrected chi connectivity index (χ1v) is 8.57. The monoisotopic (exact) mass is 381 g/mol. The molecule has 0 bridgehead atoms. The van der Waals surface area contributed by atoms with Crippen LogP contribution in [0.1, 0.15) is 5.69 Å². The van der Waals surface area contributed by atoms with Gasteiger partial charge in [0.15, 0.2) is 6.61 Å². The fourth-order valence-corrected chi connectivity index (χ4v) is 2.95. The highest BCUT2D eigenvalue weighted by Gasteiger charge is 2.13. The number of thiazole rings is 1. The molecule has 2 rings (SSSR count). The normalized spacial score (nSPS) is 10.2. The van der Waals surface area contributed by atoms with Crippen molar-refractivity contribution >= 4 is 40.7 Å². The molecular formula is C16H16ClN3O4S. The quantitative estimate of drug-likeness (QED) is 0.707. The SMILES string of the molecule is CNC(=O)CNC(=O)COC(=O)Cc1csc(-c2ccccc2Cl)n1. The van der Waals surface area contributed by atoms with Crippen LogP contribution in [0, 0.1) is 0 Å². The van der Waals surface area contributed by atoms with E-state index < -0.39 is 18.5 Å². The lowest BCUT2D eigenvalue weighted by Gasteiger charge is -2.05. The summed E-state index contributed by atoms with van der Waals surface area (Å²) in [5.74, 6) is -1.47. The molecule has 0 saturated carbocycles. The van der Waals surface area contributed by atoms with Crippen molar-refractivity contribution in [3.05, 3.63) is 40.4 Å². The van der Waals surface area contributed by atoms with Gasteiger partial charge in [-0.3, -0.25) is 14.4 Å². The molecule has 7 nitrogen and oxygen atoms in total. The second kappa shape index (κ2) is 9.14. The van der Waals surface area contributed by atoms with Crippen LogP contribution in [0.2, 0.25) is 5.02 Å². The molecule has 2 N–H and O–H groups in total. The van der Waals surface area contributed by atoms with Crippen molar-refractivity contribution in [1.29, 1.82) is 0 Å². The number of likely N-dealkylation sites (N-methyl/N-ethyl adjacent to an activating group) is 1. The van der Waals surface area contributed by atoms with Gasteiger partial charge in [-0.2, -0.15) is 0 Å². The summed E-state index contributed by atoms with van der Waals surface area (Å²) >= 11 is 7.49. The second-order valence-electron chi connectivity index (χ2n) is 4.91. The number of esters is 1. The van der Waals surface area contributed by atoms with E-state index in [1.54, 1.807) is 11.4 Å². The number of benzene rings is 1. The fraction of sp³-hybridized carbons (Fsp3) is 0.250. The Morgan fingerprint density at radius 3 is 2.72 bits per heavy atom. The van der Waals surface area contributed by atoms with Gasteiger partial charge in [-0.25, -0.2) is 4.98 Å². The summed E-state index contributed by atoms with van der Waals surface area (Å²) in [7, 11) is 1.46. The zero-order chi connectivity index (χ0) is 18.2. The van der Waals surface area contributed by atoms with Crippen LogP contribution in [0.5, 0.6) is 0 Å². The highest BCUT2D eigenvalue weighted by molar-refractivity contribution is 7.13. The van der Waals surface area contributed by atoms with Gasteiger partial charge in [0.2, 0.25) is 5.91 Å². The second-order valence-corrected chi connectivity index (χ2v) is 6.18. The van der Waals surface area contributed by atoms with Crippen LogP contribution in [0.15, 0.2) is 29.6 Å². The van der Waals surface area contributed by atoms with Gasteiger partial charge >= 0.3 is 5.97 Å². The van der Waals surface area contributed by atoms with Crippen LogP contribution in [-0.2, 0) is 25.5 Å². The number of carbonyl (C=O) groups excluding carboxylic acids is 3. The van der Waals surface area contributed by atoms with Crippen LogP contribution in [0.3, 0.4) is 0 Å². The van der Waals surface area contributed by atoms with Gasteiger partial charge in [-0.1, -0.05) is 29.8 Å². The lowest BCUT2D eigenvalue weighted by atomic mass is 10.2. The molecule has 0 radical (unpaired) electrons.